The third-order valence-corrected chi connectivity index (χ3v) is 19.1. The zero-order valence-corrected chi connectivity index (χ0v) is 33.6. The van der Waals surface area contributed by atoms with Crippen LogP contribution in [0.2, 0.25) is 36.3 Å². The van der Waals surface area contributed by atoms with Crippen molar-refractivity contribution in [2.75, 3.05) is 0 Å². The minimum absolute atomic E-state index is 0.396. The minimum atomic E-state index is -2.38. The molecule has 0 saturated heterocycles. The molecule has 0 saturated carbocycles. The third-order valence-electron chi connectivity index (χ3n) is 8.46. The summed E-state index contributed by atoms with van der Waals surface area (Å²) in [4.78, 5) is 14.4. The van der Waals surface area contributed by atoms with Gasteiger partial charge in [-0.1, -0.05) is 126 Å². The molecule has 0 aliphatic heterocycles. The van der Waals surface area contributed by atoms with Crippen molar-refractivity contribution >= 4 is 33.4 Å². The second kappa shape index (κ2) is 17.2. The van der Waals surface area contributed by atoms with Crippen molar-refractivity contribution in [2.24, 2.45) is 35.5 Å². The smallest absolute Gasteiger partial charge is 0.347 e. The van der Waals surface area contributed by atoms with Gasteiger partial charge in [-0.25, -0.2) is 4.79 Å². The van der Waals surface area contributed by atoms with E-state index >= 15 is 0 Å². The molecule has 260 valence electrons. The predicted octanol–water partition coefficient (Wildman–Crippen LogP) is 12.6. The molecule has 0 fully saturated rings. The van der Waals surface area contributed by atoms with Crippen LogP contribution in [0.25, 0.3) is 10.8 Å². The molecule has 47 heavy (non-hydrogen) atoms. The minimum Gasteiger partial charge on any atom is -0.543 e. The number of para-hydroxylation sites is 1. The van der Waals surface area contributed by atoms with E-state index in [1.807, 2.05) is 36.4 Å². The highest BCUT2D eigenvalue weighted by Gasteiger charge is 2.42. The fourth-order valence-electron chi connectivity index (χ4n) is 7.98. The quantitative estimate of drug-likeness (QED) is 0.0764. The summed E-state index contributed by atoms with van der Waals surface area (Å²) in [5.74, 6) is 4.62. The Labute approximate surface area is 289 Å². The van der Waals surface area contributed by atoms with Gasteiger partial charge in [-0.15, -0.1) is 0 Å². The Balaban J connectivity index is 2.36. The van der Waals surface area contributed by atoms with Crippen LogP contribution in [0.1, 0.15) is 93.4 Å². The van der Waals surface area contributed by atoms with E-state index in [9.17, 15) is 4.79 Å². The van der Waals surface area contributed by atoms with E-state index in [-0.39, 0.29) is 0 Å². The number of fused-ring (bicyclic) bond motifs is 1. The molecule has 3 rings (SSSR count). The summed E-state index contributed by atoms with van der Waals surface area (Å²) in [6, 6.07) is 26.1. The van der Waals surface area contributed by atoms with Crippen LogP contribution in [0.4, 0.5) is 0 Å². The van der Waals surface area contributed by atoms with Crippen LogP contribution in [0.15, 0.2) is 60.7 Å². The average Bonchev–Trinajstić information content (AvgIpc) is 2.92. The van der Waals surface area contributed by atoms with Gasteiger partial charge in [-0.2, -0.15) is 0 Å². The van der Waals surface area contributed by atoms with Crippen LogP contribution >= 0.6 is 0 Å². The Hall–Kier alpha value is -2.58. The lowest BCUT2D eigenvalue weighted by Gasteiger charge is -2.38. The molecule has 0 radical (unpaired) electrons. The molecule has 0 N–H and O–H groups in total. The standard InChI is InChI=1S/C41H64O4Si2/c1-29(2)23-46(24-30(3)4,25-31(5)6)44-39-22-38(41(42)43-35-18-14-13-15-19-35)40(37-21-17-16-20-36(37)39)45-47(26-32(7)8,27-33(9)10)28-34(11)12/h13-22,29-34H,23-28H2,1-12H3. The SMILES string of the molecule is CC(C)C[Si](CC(C)C)(CC(C)C)Oc1cc(C(=O)Oc2ccccc2)c(O[Si](CC(C)C)(CC(C)C)CC(C)C)c2ccccc12. The van der Waals surface area contributed by atoms with Crippen LogP contribution in [0.3, 0.4) is 0 Å². The lowest BCUT2D eigenvalue weighted by atomic mass is 10.0. The van der Waals surface area contributed by atoms with E-state index in [1.54, 1.807) is 0 Å². The highest BCUT2D eigenvalue weighted by atomic mass is 28.4. The number of ether oxygens (including phenoxy) is 1. The summed E-state index contributed by atoms with van der Waals surface area (Å²) >= 11 is 0. The molecule has 3 aromatic rings. The van der Waals surface area contributed by atoms with Crippen molar-refractivity contribution in [2.45, 2.75) is 119 Å². The fraction of sp³-hybridized carbons (Fsp3) is 0.585. The molecule has 0 bridgehead atoms. The van der Waals surface area contributed by atoms with Crippen molar-refractivity contribution < 1.29 is 18.4 Å². The molecule has 4 nitrogen and oxygen atoms in total. The van der Waals surface area contributed by atoms with Crippen LogP contribution in [-0.4, -0.2) is 22.6 Å². The van der Waals surface area contributed by atoms with Crippen LogP contribution in [0.5, 0.6) is 17.2 Å². The molecular weight excluding hydrogens is 613 g/mol. The zero-order chi connectivity index (χ0) is 34.9. The number of carbonyl (C=O) groups excluding carboxylic acids is 1. The fourth-order valence-corrected chi connectivity index (χ4v) is 19.7. The molecule has 0 aliphatic carbocycles. The lowest BCUT2D eigenvalue weighted by molar-refractivity contribution is 0.0732. The van der Waals surface area contributed by atoms with Crippen LogP contribution in [-0.2, 0) is 0 Å². The Morgan fingerprint density at radius 3 is 1.34 bits per heavy atom. The number of hydrogen-bond acceptors (Lipinski definition) is 4. The van der Waals surface area contributed by atoms with Gasteiger partial charge in [0.15, 0.2) is 0 Å². The maximum absolute atomic E-state index is 14.4. The van der Waals surface area contributed by atoms with Gasteiger partial charge in [-0.3, -0.25) is 0 Å². The maximum atomic E-state index is 14.4. The summed E-state index contributed by atoms with van der Waals surface area (Å²) in [6.45, 7) is 27.7. The first-order chi connectivity index (χ1) is 22.0. The Bertz CT molecular complexity index is 1360. The largest absolute Gasteiger partial charge is 0.543 e. The van der Waals surface area contributed by atoms with Gasteiger partial charge in [0, 0.05) is 10.8 Å². The van der Waals surface area contributed by atoms with Gasteiger partial charge in [0.05, 0.1) is 0 Å². The third kappa shape index (κ3) is 11.5. The zero-order valence-electron chi connectivity index (χ0n) is 31.6. The highest BCUT2D eigenvalue weighted by Crippen LogP contribution is 2.44. The second-order valence-corrected chi connectivity index (χ2v) is 24.2. The van der Waals surface area contributed by atoms with Crippen molar-refractivity contribution in [3.05, 3.63) is 66.2 Å². The van der Waals surface area contributed by atoms with Gasteiger partial charge in [0.2, 0.25) is 0 Å². The van der Waals surface area contributed by atoms with Gasteiger partial charge in [0.25, 0.3) is 16.6 Å². The van der Waals surface area contributed by atoms with Crippen LogP contribution in [0, 0.1) is 35.5 Å². The first kappa shape index (κ1) is 38.9. The number of carbonyl (C=O) groups is 1. The summed E-state index contributed by atoms with van der Waals surface area (Å²) in [7, 11) is -4.67. The van der Waals surface area contributed by atoms with Gasteiger partial charge < -0.3 is 13.6 Å². The topological polar surface area (TPSA) is 44.8 Å². The van der Waals surface area contributed by atoms with E-state index < -0.39 is 22.6 Å². The number of esters is 1. The molecular formula is C41H64O4Si2. The van der Waals surface area contributed by atoms with Crippen molar-refractivity contribution in [3.8, 4) is 17.2 Å². The predicted molar refractivity (Wildman–Crippen MR) is 206 cm³/mol. The lowest BCUT2D eigenvalue weighted by Crippen LogP contribution is -2.46. The van der Waals surface area contributed by atoms with Crippen molar-refractivity contribution in [1.82, 2.24) is 0 Å². The molecule has 0 aromatic heterocycles. The number of benzene rings is 3. The highest BCUT2D eigenvalue weighted by molar-refractivity contribution is 6.75. The Morgan fingerprint density at radius 1 is 0.532 bits per heavy atom. The molecule has 0 spiro atoms. The van der Waals surface area contributed by atoms with Crippen molar-refractivity contribution in [3.63, 3.8) is 0 Å². The summed E-state index contributed by atoms with van der Waals surface area (Å²) in [6.07, 6.45) is 0. The maximum Gasteiger partial charge on any atom is 0.347 e. The second-order valence-electron chi connectivity index (χ2n) is 16.7. The first-order valence-electron chi connectivity index (χ1n) is 18.2. The van der Waals surface area contributed by atoms with Gasteiger partial charge in [-0.05, 0) is 90.0 Å². The molecule has 0 heterocycles. The number of rotatable bonds is 18. The summed E-state index contributed by atoms with van der Waals surface area (Å²) < 4.78 is 21.0. The Morgan fingerprint density at radius 2 is 0.915 bits per heavy atom. The molecule has 0 unspecified atom stereocenters. The van der Waals surface area contributed by atoms with Crippen LogP contribution < -0.4 is 13.6 Å². The Kier molecular flexibility index (Phi) is 14.2. The van der Waals surface area contributed by atoms with E-state index in [2.05, 4.69) is 107 Å². The summed E-state index contributed by atoms with van der Waals surface area (Å²) in [5.41, 5.74) is 0.470. The van der Waals surface area contributed by atoms with Crippen molar-refractivity contribution in [1.29, 1.82) is 0 Å². The van der Waals surface area contributed by atoms with Gasteiger partial charge in [0.1, 0.15) is 22.8 Å². The molecule has 3 aromatic carbocycles. The van der Waals surface area contributed by atoms with Gasteiger partial charge >= 0.3 is 5.97 Å². The van der Waals surface area contributed by atoms with E-state index in [4.69, 9.17) is 13.6 Å². The molecule has 0 aliphatic rings. The van der Waals surface area contributed by atoms with E-state index in [1.165, 1.54) is 0 Å². The number of hydrogen-bond donors (Lipinski definition) is 0. The molecule has 0 amide bonds. The van der Waals surface area contributed by atoms with E-state index in [0.29, 0.717) is 52.6 Å². The summed E-state index contributed by atoms with van der Waals surface area (Å²) in [5, 5.41) is 1.97. The first-order valence-corrected chi connectivity index (χ1v) is 23.3. The van der Waals surface area contributed by atoms with E-state index in [0.717, 1.165) is 52.8 Å². The monoisotopic (exact) mass is 676 g/mol. The average molecular weight is 677 g/mol. The molecule has 0 atom stereocenters. The molecule has 6 heteroatoms. The normalized spacial score (nSPS) is 12.7.